The Labute approximate surface area is 151 Å². The highest BCUT2D eigenvalue weighted by Gasteiger charge is 2.25. The van der Waals surface area contributed by atoms with Gasteiger partial charge >= 0.3 is 0 Å². The molecule has 2 aromatic rings. The van der Waals surface area contributed by atoms with Gasteiger partial charge in [-0.3, -0.25) is 4.79 Å². The first-order valence-electron chi connectivity index (χ1n) is 7.36. The Morgan fingerprint density at radius 3 is 2.42 bits per heavy atom. The third-order valence-electron chi connectivity index (χ3n) is 3.54. The monoisotopic (exact) mass is 386 g/mol. The molecule has 0 radical (unpaired) electrons. The maximum Gasteiger partial charge on any atom is 0.243 e. The van der Waals surface area contributed by atoms with Gasteiger partial charge in [0, 0.05) is 23.5 Å². The van der Waals surface area contributed by atoms with Gasteiger partial charge < -0.3 is 4.90 Å². The summed E-state index contributed by atoms with van der Waals surface area (Å²) in [4.78, 5) is 15.3. The van der Waals surface area contributed by atoms with Gasteiger partial charge in [-0.15, -0.1) is 11.3 Å². The maximum absolute atomic E-state index is 12.5. The molecule has 8 heteroatoms. The van der Waals surface area contributed by atoms with Gasteiger partial charge in [0.05, 0.1) is 18.0 Å². The average molecular weight is 387 g/mol. The molecule has 0 N–H and O–H groups in total. The summed E-state index contributed by atoms with van der Waals surface area (Å²) in [6.07, 6.45) is 0. The van der Waals surface area contributed by atoms with E-state index in [2.05, 4.69) is 0 Å². The SMILES string of the molecule is CCN(Cc1cccs1)C(=O)CN(C)S(=O)(=O)c1ccc(Cl)cc1. The van der Waals surface area contributed by atoms with E-state index in [1.54, 1.807) is 16.2 Å². The predicted molar refractivity (Wildman–Crippen MR) is 96.7 cm³/mol. The third kappa shape index (κ3) is 4.57. The molecule has 1 aromatic heterocycles. The van der Waals surface area contributed by atoms with Gasteiger partial charge in [-0.1, -0.05) is 17.7 Å². The lowest BCUT2D eigenvalue weighted by atomic mass is 10.4. The van der Waals surface area contributed by atoms with Crippen molar-refractivity contribution in [3.05, 3.63) is 51.7 Å². The standard InChI is InChI=1S/C16H19ClN2O3S2/c1-3-19(11-14-5-4-10-23-14)16(20)12-18(2)24(21,22)15-8-6-13(17)7-9-15/h4-10H,3,11-12H2,1-2H3. The van der Waals surface area contributed by atoms with E-state index in [4.69, 9.17) is 11.6 Å². The molecule has 1 aromatic carbocycles. The molecule has 0 bridgehead atoms. The minimum atomic E-state index is -3.72. The Bertz CT molecular complexity index is 774. The van der Waals surface area contributed by atoms with Crippen molar-refractivity contribution in [2.45, 2.75) is 18.4 Å². The first-order chi connectivity index (χ1) is 11.3. The zero-order valence-corrected chi connectivity index (χ0v) is 15.9. The molecule has 1 heterocycles. The number of rotatable bonds is 7. The molecule has 0 aliphatic rings. The maximum atomic E-state index is 12.5. The Hall–Kier alpha value is -1.41. The van der Waals surface area contributed by atoms with E-state index in [0.717, 1.165) is 9.18 Å². The minimum Gasteiger partial charge on any atom is -0.337 e. The van der Waals surface area contributed by atoms with Gasteiger partial charge in [-0.05, 0) is 42.6 Å². The highest BCUT2D eigenvalue weighted by atomic mass is 35.5. The van der Waals surface area contributed by atoms with E-state index < -0.39 is 10.0 Å². The quantitative estimate of drug-likeness (QED) is 0.734. The molecule has 0 unspecified atom stereocenters. The fourth-order valence-electron chi connectivity index (χ4n) is 2.13. The molecule has 0 aliphatic heterocycles. The average Bonchev–Trinajstić information content (AvgIpc) is 3.05. The highest BCUT2D eigenvalue weighted by molar-refractivity contribution is 7.89. The lowest BCUT2D eigenvalue weighted by Gasteiger charge is -2.24. The number of hydrogen-bond acceptors (Lipinski definition) is 4. The summed E-state index contributed by atoms with van der Waals surface area (Å²) in [6.45, 7) is 2.68. The van der Waals surface area contributed by atoms with Crippen molar-refractivity contribution in [3.63, 3.8) is 0 Å². The molecule has 0 fully saturated rings. The van der Waals surface area contributed by atoms with E-state index >= 15 is 0 Å². The zero-order chi connectivity index (χ0) is 17.7. The van der Waals surface area contributed by atoms with Gasteiger partial charge in [0.2, 0.25) is 15.9 Å². The van der Waals surface area contributed by atoms with Gasteiger partial charge in [-0.25, -0.2) is 8.42 Å². The molecule has 130 valence electrons. The lowest BCUT2D eigenvalue weighted by molar-refractivity contribution is -0.131. The van der Waals surface area contributed by atoms with Crippen molar-refractivity contribution < 1.29 is 13.2 Å². The van der Waals surface area contributed by atoms with Crippen LogP contribution in [0.3, 0.4) is 0 Å². The van der Waals surface area contributed by atoms with E-state index in [-0.39, 0.29) is 17.3 Å². The van der Waals surface area contributed by atoms with E-state index in [0.29, 0.717) is 18.1 Å². The number of carbonyl (C=O) groups is 1. The summed E-state index contributed by atoms with van der Waals surface area (Å²) in [5, 5.41) is 2.41. The van der Waals surface area contributed by atoms with Crippen molar-refractivity contribution in [1.29, 1.82) is 0 Å². The van der Waals surface area contributed by atoms with Crippen molar-refractivity contribution in [1.82, 2.24) is 9.21 Å². The summed E-state index contributed by atoms with van der Waals surface area (Å²) in [5.74, 6) is -0.231. The van der Waals surface area contributed by atoms with Crippen LogP contribution in [-0.4, -0.2) is 43.7 Å². The van der Waals surface area contributed by atoms with Crippen LogP contribution < -0.4 is 0 Å². The molecule has 0 saturated heterocycles. The van der Waals surface area contributed by atoms with Crippen LogP contribution in [0.15, 0.2) is 46.7 Å². The van der Waals surface area contributed by atoms with E-state index in [1.165, 1.54) is 31.3 Å². The number of sulfonamides is 1. The molecule has 1 amide bonds. The third-order valence-corrected chi connectivity index (χ3v) is 6.47. The molecular weight excluding hydrogens is 368 g/mol. The van der Waals surface area contributed by atoms with Crippen LogP contribution in [-0.2, 0) is 21.4 Å². The van der Waals surface area contributed by atoms with Crippen LogP contribution in [0.1, 0.15) is 11.8 Å². The Balaban J connectivity index is 2.07. The summed E-state index contributed by atoms with van der Waals surface area (Å²) in [6, 6.07) is 9.77. The van der Waals surface area contributed by atoms with Crippen LogP contribution >= 0.6 is 22.9 Å². The summed E-state index contributed by atoms with van der Waals surface area (Å²) >= 11 is 7.35. The molecule has 0 atom stereocenters. The normalized spacial score (nSPS) is 11.7. The van der Waals surface area contributed by atoms with Gasteiger partial charge in [0.25, 0.3) is 0 Å². The van der Waals surface area contributed by atoms with Crippen LogP contribution in [0.5, 0.6) is 0 Å². The molecule has 0 aliphatic carbocycles. The van der Waals surface area contributed by atoms with E-state index in [9.17, 15) is 13.2 Å². The topological polar surface area (TPSA) is 57.7 Å². The van der Waals surface area contributed by atoms with Gasteiger partial charge in [0.1, 0.15) is 0 Å². The van der Waals surface area contributed by atoms with Crippen molar-refractivity contribution in [3.8, 4) is 0 Å². The van der Waals surface area contributed by atoms with Crippen LogP contribution in [0.2, 0.25) is 5.02 Å². The zero-order valence-electron chi connectivity index (χ0n) is 13.5. The largest absolute Gasteiger partial charge is 0.337 e. The highest BCUT2D eigenvalue weighted by Crippen LogP contribution is 2.18. The van der Waals surface area contributed by atoms with Gasteiger partial charge in [0.15, 0.2) is 0 Å². The van der Waals surface area contributed by atoms with Crippen LogP contribution in [0, 0.1) is 0 Å². The molecule has 5 nitrogen and oxygen atoms in total. The Kier molecular flexibility index (Phi) is 6.40. The smallest absolute Gasteiger partial charge is 0.243 e. The number of carbonyl (C=O) groups excluding carboxylic acids is 1. The summed E-state index contributed by atoms with van der Waals surface area (Å²) in [5.41, 5.74) is 0. The lowest BCUT2D eigenvalue weighted by Crippen LogP contribution is -2.40. The number of likely N-dealkylation sites (N-methyl/N-ethyl adjacent to an activating group) is 2. The fraction of sp³-hybridized carbons (Fsp3) is 0.312. The number of benzene rings is 1. The number of thiophene rings is 1. The van der Waals surface area contributed by atoms with Crippen molar-refractivity contribution in [2.24, 2.45) is 0 Å². The second-order valence-electron chi connectivity index (χ2n) is 5.20. The molecule has 0 spiro atoms. The summed E-state index contributed by atoms with van der Waals surface area (Å²) in [7, 11) is -2.32. The fourth-order valence-corrected chi connectivity index (χ4v) is 4.09. The first-order valence-corrected chi connectivity index (χ1v) is 10.1. The Morgan fingerprint density at radius 1 is 1.21 bits per heavy atom. The second kappa shape index (κ2) is 8.11. The Morgan fingerprint density at radius 2 is 1.88 bits per heavy atom. The van der Waals surface area contributed by atoms with Crippen LogP contribution in [0.4, 0.5) is 0 Å². The summed E-state index contributed by atoms with van der Waals surface area (Å²) < 4.78 is 26.1. The van der Waals surface area contributed by atoms with Gasteiger partial charge in [-0.2, -0.15) is 4.31 Å². The number of amides is 1. The molecule has 0 saturated carbocycles. The molecular formula is C16H19ClN2O3S2. The minimum absolute atomic E-state index is 0.114. The number of hydrogen-bond donors (Lipinski definition) is 0. The molecule has 24 heavy (non-hydrogen) atoms. The van der Waals surface area contributed by atoms with Crippen LogP contribution in [0.25, 0.3) is 0 Å². The number of nitrogens with zero attached hydrogens (tertiary/aromatic N) is 2. The van der Waals surface area contributed by atoms with E-state index in [1.807, 2.05) is 24.4 Å². The predicted octanol–water partition coefficient (Wildman–Crippen LogP) is 3.07. The van der Waals surface area contributed by atoms with Crippen molar-refractivity contribution in [2.75, 3.05) is 20.1 Å². The number of halogens is 1. The first kappa shape index (κ1) is 18.9. The molecule has 2 rings (SSSR count). The van der Waals surface area contributed by atoms with Crippen molar-refractivity contribution >= 4 is 38.9 Å². The second-order valence-corrected chi connectivity index (χ2v) is 8.72.